The molecule has 6 heteroatoms. The van der Waals surface area contributed by atoms with Crippen molar-refractivity contribution in [3.05, 3.63) is 29.6 Å². The first-order valence-corrected chi connectivity index (χ1v) is 6.30. The molecule has 0 bridgehead atoms. The van der Waals surface area contributed by atoms with Gasteiger partial charge in [-0.05, 0) is 18.6 Å². The number of aromatic nitrogens is 1. The fraction of sp³-hybridized carbons (Fsp3) is 0.462. The summed E-state index contributed by atoms with van der Waals surface area (Å²) in [5.74, 6) is -0.150. The van der Waals surface area contributed by atoms with Crippen LogP contribution < -0.4 is 11.1 Å². The van der Waals surface area contributed by atoms with Crippen LogP contribution in [0.5, 0.6) is 0 Å². The van der Waals surface area contributed by atoms with Crippen molar-refractivity contribution in [1.29, 1.82) is 0 Å². The summed E-state index contributed by atoms with van der Waals surface area (Å²) in [4.78, 5) is 29.0. The molecule has 2 heterocycles. The van der Waals surface area contributed by atoms with Crippen LogP contribution >= 0.6 is 0 Å². The molecule has 1 aliphatic heterocycles. The van der Waals surface area contributed by atoms with Gasteiger partial charge in [-0.15, -0.1) is 0 Å². The molecular formula is C13H18N4O2. The zero-order valence-electron chi connectivity index (χ0n) is 10.9. The fourth-order valence-electron chi connectivity index (χ4n) is 2.08. The molecule has 0 saturated carbocycles. The third-order valence-corrected chi connectivity index (χ3v) is 3.09. The first-order chi connectivity index (χ1) is 9.06. The van der Waals surface area contributed by atoms with Crippen LogP contribution in [0.3, 0.4) is 0 Å². The fourth-order valence-corrected chi connectivity index (χ4v) is 2.08. The number of pyridine rings is 1. The third kappa shape index (κ3) is 3.51. The van der Waals surface area contributed by atoms with Crippen molar-refractivity contribution in [2.75, 3.05) is 13.1 Å². The minimum Gasteiger partial charge on any atom is -0.351 e. The average molecular weight is 262 g/mol. The molecule has 0 spiro atoms. The lowest BCUT2D eigenvalue weighted by atomic mass is 10.2. The minimum absolute atomic E-state index is 0.0283. The lowest BCUT2D eigenvalue weighted by molar-refractivity contribution is -0.119. The smallest absolute Gasteiger partial charge is 0.254 e. The predicted molar refractivity (Wildman–Crippen MR) is 70.3 cm³/mol. The highest BCUT2D eigenvalue weighted by Gasteiger charge is 2.24. The molecule has 2 rings (SSSR count). The van der Waals surface area contributed by atoms with Gasteiger partial charge in [0.05, 0.1) is 12.2 Å². The first-order valence-electron chi connectivity index (χ1n) is 6.30. The lowest BCUT2D eigenvalue weighted by Crippen LogP contribution is -2.32. The van der Waals surface area contributed by atoms with Gasteiger partial charge in [-0.25, -0.2) is 0 Å². The van der Waals surface area contributed by atoms with E-state index >= 15 is 0 Å². The summed E-state index contributed by atoms with van der Waals surface area (Å²) in [7, 11) is 0. The van der Waals surface area contributed by atoms with Crippen molar-refractivity contribution >= 4 is 11.8 Å². The van der Waals surface area contributed by atoms with Crippen molar-refractivity contribution in [1.82, 2.24) is 15.2 Å². The van der Waals surface area contributed by atoms with Gasteiger partial charge in [-0.1, -0.05) is 0 Å². The number of nitrogens with one attached hydrogen (secondary N) is 1. The minimum atomic E-state index is -0.121. The molecule has 1 aromatic rings. The van der Waals surface area contributed by atoms with Gasteiger partial charge in [0.25, 0.3) is 5.91 Å². The summed E-state index contributed by atoms with van der Waals surface area (Å²) in [6.07, 6.45) is 2.43. The summed E-state index contributed by atoms with van der Waals surface area (Å²) >= 11 is 0. The SMILES string of the molecule is CC(=O)NCc1cc(C(=O)N2CCC(N)C2)ccn1. The Balaban J connectivity index is 2.05. The van der Waals surface area contributed by atoms with E-state index in [0.717, 1.165) is 6.42 Å². The van der Waals surface area contributed by atoms with Crippen LogP contribution in [-0.2, 0) is 11.3 Å². The lowest BCUT2D eigenvalue weighted by Gasteiger charge is -2.16. The van der Waals surface area contributed by atoms with Crippen LogP contribution in [-0.4, -0.2) is 40.8 Å². The second-order valence-corrected chi connectivity index (χ2v) is 4.75. The van der Waals surface area contributed by atoms with E-state index in [2.05, 4.69) is 10.3 Å². The van der Waals surface area contributed by atoms with E-state index in [-0.39, 0.29) is 17.9 Å². The van der Waals surface area contributed by atoms with Crippen LogP contribution in [0.15, 0.2) is 18.3 Å². The van der Waals surface area contributed by atoms with E-state index in [1.165, 1.54) is 6.92 Å². The van der Waals surface area contributed by atoms with E-state index in [0.29, 0.717) is 30.9 Å². The molecule has 0 aliphatic carbocycles. The van der Waals surface area contributed by atoms with Crippen molar-refractivity contribution < 1.29 is 9.59 Å². The molecule has 1 fully saturated rings. The summed E-state index contributed by atoms with van der Waals surface area (Å²) < 4.78 is 0. The molecule has 102 valence electrons. The Bertz CT molecular complexity index is 489. The number of nitrogens with two attached hydrogens (primary N) is 1. The van der Waals surface area contributed by atoms with Gasteiger partial charge in [0, 0.05) is 37.8 Å². The second kappa shape index (κ2) is 5.79. The predicted octanol–water partition coefficient (Wildman–Crippen LogP) is -0.109. The van der Waals surface area contributed by atoms with E-state index in [1.54, 1.807) is 23.2 Å². The molecule has 19 heavy (non-hydrogen) atoms. The van der Waals surface area contributed by atoms with Gasteiger partial charge in [0.2, 0.25) is 5.91 Å². The Morgan fingerprint density at radius 1 is 1.58 bits per heavy atom. The number of carbonyl (C=O) groups is 2. The van der Waals surface area contributed by atoms with Crippen LogP contribution in [0.25, 0.3) is 0 Å². The average Bonchev–Trinajstić information content (AvgIpc) is 2.82. The van der Waals surface area contributed by atoms with Crippen LogP contribution in [0, 0.1) is 0 Å². The molecule has 0 aromatic carbocycles. The summed E-state index contributed by atoms with van der Waals surface area (Å²) in [6.45, 7) is 3.07. The molecule has 6 nitrogen and oxygen atoms in total. The van der Waals surface area contributed by atoms with Crippen LogP contribution in [0.4, 0.5) is 0 Å². The van der Waals surface area contributed by atoms with Gasteiger partial charge in [0.1, 0.15) is 0 Å². The van der Waals surface area contributed by atoms with Gasteiger partial charge < -0.3 is 16.0 Å². The number of amides is 2. The van der Waals surface area contributed by atoms with Crippen molar-refractivity contribution in [2.45, 2.75) is 25.9 Å². The maximum atomic E-state index is 12.2. The van der Waals surface area contributed by atoms with Crippen molar-refractivity contribution in [2.24, 2.45) is 5.73 Å². The number of nitrogens with zero attached hydrogens (tertiary/aromatic N) is 2. The largest absolute Gasteiger partial charge is 0.351 e. The Hall–Kier alpha value is -1.95. The number of hydrogen-bond acceptors (Lipinski definition) is 4. The molecule has 1 saturated heterocycles. The Morgan fingerprint density at radius 3 is 3.00 bits per heavy atom. The Labute approximate surface area is 112 Å². The molecule has 1 aromatic heterocycles. The van der Waals surface area contributed by atoms with Gasteiger partial charge >= 0.3 is 0 Å². The number of carbonyl (C=O) groups excluding carboxylic acids is 2. The van der Waals surface area contributed by atoms with Crippen LogP contribution in [0.2, 0.25) is 0 Å². The monoisotopic (exact) mass is 262 g/mol. The molecule has 3 N–H and O–H groups in total. The van der Waals surface area contributed by atoms with E-state index in [1.807, 2.05) is 0 Å². The number of likely N-dealkylation sites (tertiary alicyclic amines) is 1. The zero-order chi connectivity index (χ0) is 13.8. The summed E-state index contributed by atoms with van der Waals surface area (Å²) in [5, 5.41) is 2.66. The molecule has 2 amide bonds. The standard InChI is InChI=1S/C13H18N4O2/c1-9(18)16-7-12-6-10(2-4-15-12)13(19)17-5-3-11(14)8-17/h2,4,6,11H,3,5,7-8,14H2,1H3,(H,16,18). The topological polar surface area (TPSA) is 88.3 Å². The molecular weight excluding hydrogens is 244 g/mol. The zero-order valence-corrected chi connectivity index (χ0v) is 10.9. The maximum Gasteiger partial charge on any atom is 0.254 e. The van der Waals surface area contributed by atoms with Gasteiger partial charge in [-0.2, -0.15) is 0 Å². The van der Waals surface area contributed by atoms with E-state index in [9.17, 15) is 9.59 Å². The Kier molecular flexibility index (Phi) is 4.11. The second-order valence-electron chi connectivity index (χ2n) is 4.75. The Morgan fingerprint density at radius 2 is 2.37 bits per heavy atom. The van der Waals surface area contributed by atoms with Crippen molar-refractivity contribution in [3.8, 4) is 0 Å². The van der Waals surface area contributed by atoms with E-state index in [4.69, 9.17) is 5.73 Å². The molecule has 0 radical (unpaired) electrons. The summed E-state index contributed by atoms with van der Waals surface area (Å²) in [5.41, 5.74) is 7.06. The quantitative estimate of drug-likeness (QED) is 0.795. The van der Waals surface area contributed by atoms with E-state index < -0.39 is 0 Å². The highest BCUT2D eigenvalue weighted by molar-refractivity contribution is 5.94. The first kappa shape index (κ1) is 13.5. The summed E-state index contributed by atoms with van der Waals surface area (Å²) in [6, 6.07) is 3.47. The number of rotatable bonds is 3. The number of hydrogen-bond donors (Lipinski definition) is 2. The third-order valence-electron chi connectivity index (χ3n) is 3.09. The molecule has 1 unspecified atom stereocenters. The highest BCUT2D eigenvalue weighted by atomic mass is 16.2. The van der Waals surface area contributed by atoms with Crippen LogP contribution in [0.1, 0.15) is 29.4 Å². The highest BCUT2D eigenvalue weighted by Crippen LogP contribution is 2.12. The van der Waals surface area contributed by atoms with Gasteiger partial charge in [-0.3, -0.25) is 14.6 Å². The normalized spacial score (nSPS) is 18.4. The molecule has 1 aliphatic rings. The van der Waals surface area contributed by atoms with Gasteiger partial charge in [0.15, 0.2) is 0 Å². The molecule has 1 atom stereocenters. The van der Waals surface area contributed by atoms with Crippen molar-refractivity contribution in [3.63, 3.8) is 0 Å². The maximum absolute atomic E-state index is 12.2.